The number of aliphatic hydroxyl groups excluding tert-OH is 3. The van der Waals surface area contributed by atoms with Crippen molar-refractivity contribution >= 4 is 29.5 Å². The van der Waals surface area contributed by atoms with Crippen LogP contribution in [0.2, 0.25) is 0 Å². The first-order chi connectivity index (χ1) is 31.6. The molecule has 4 rings (SSSR count). The maximum atomic E-state index is 13.9. The fraction of sp³-hybridized carbons (Fsp3) is 0.653. The number of phenols is 1. The Balaban J connectivity index is 1.26. The molecule has 2 aromatic carbocycles. The summed E-state index contributed by atoms with van der Waals surface area (Å²) in [5.41, 5.74) is 15.3. The number of hydrogen-bond acceptors (Lipinski definition) is 12. The van der Waals surface area contributed by atoms with Gasteiger partial charge in [-0.1, -0.05) is 95.0 Å². The van der Waals surface area contributed by atoms with E-state index in [0.717, 1.165) is 41.5 Å². The minimum atomic E-state index is -1.70. The number of unbranched alkanes of at least 4 members (excludes halogenated alkanes) is 10. The van der Waals surface area contributed by atoms with Gasteiger partial charge in [-0.05, 0) is 93.2 Å². The Morgan fingerprint density at radius 3 is 2.08 bits per heavy atom. The SMILES string of the molecule is CCCCCCCCCCCCO[C@@H]1O[C@H](C(=O)NCCCC[C@@H](NC(=O)[C@H](Cc2ccccc2)NC(=O)[C@@H]2CCCN2C(=O)[C@@H](N)Cc2c(C)cc(O)cc2C)C(N)=O)[C@@H](O)[C@H](O)[C@H]1O. The van der Waals surface area contributed by atoms with Gasteiger partial charge in [-0.2, -0.15) is 0 Å². The summed E-state index contributed by atoms with van der Waals surface area (Å²) in [6.45, 7) is 6.52. The highest BCUT2D eigenvalue weighted by atomic mass is 16.7. The number of aliphatic hydroxyl groups is 3. The Labute approximate surface area is 389 Å². The van der Waals surface area contributed by atoms with Gasteiger partial charge in [0, 0.05) is 26.1 Å². The van der Waals surface area contributed by atoms with Crippen LogP contribution in [0.5, 0.6) is 5.75 Å². The highest BCUT2D eigenvalue weighted by Gasteiger charge is 2.47. The molecule has 17 nitrogen and oxygen atoms in total. The van der Waals surface area contributed by atoms with Crippen LogP contribution >= 0.6 is 0 Å². The summed E-state index contributed by atoms with van der Waals surface area (Å²) >= 11 is 0. The van der Waals surface area contributed by atoms with Gasteiger partial charge in [0.15, 0.2) is 12.4 Å². The fourth-order valence-corrected chi connectivity index (χ4v) is 8.78. The first-order valence-corrected chi connectivity index (χ1v) is 24.0. The molecule has 17 heteroatoms. The van der Waals surface area contributed by atoms with E-state index in [2.05, 4.69) is 22.9 Å². The van der Waals surface area contributed by atoms with Gasteiger partial charge in [-0.3, -0.25) is 24.0 Å². The van der Waals surface area contributed by atoms with Crippen LogP contribution in [0.4, 0.5) is 0 Å². The van der Waals surface area contributed by atoms with Crippen molar-refractivity contribution in [3.8, 4) is 5.75 Å². The zero-order valence-electron chi connectivity index (χ0n) is 39.1. The quantitative estimate of drug-likeness (QED) is 0.0558. The Morgan fingerprint density at radius 2 is 1.44 bits per heavy atom. The average molecular weight is 925 g/mol. The number of carbonyl (C=O) groups excluding carboxylic acids is 5. The van der Waals surface area contributed by atoms with Crippen LogP contribution in [0.1, 0.15) is 125 Å². The van der Waals surface area contributed by atoms with E-state index in [1.54, 1.807) is 36.4 Å². The van der Waals surface area contributed by atoms with E-state index in [-0.39, 0.29) is 38.2 Å². The van der Waals surface area contributed by atoms with Gasteiger partial charge in [-0.15, -0.1) is 0 Å². The number of benzene rings is 2. The summed E-state index contributed by atoms with van der Waals surface area (Å²) in [5, 5.41) is 49.7. The van der Waals surface area contributed by atoms with Crippen LogP contribution in [-0.2, 0) is 46.3 Å². The maximum Gasteiger partial charge on any atom is 0.252 e. The number of primary amides is 1. The lowest BCUT2D eigenvalue weighted by Crippen LogP contribution is -2.62. The standard InChI is InChI=1S/C49H76N6O11/c1-4-5-6-7-8-9-10-11-12-18-26-65-49-42(59)40(57)41(58)43(66-49)47(63)52-24-17-16-22-37(44(51)60)53-45(61)38(29-33-20-14-13-15-21-33)54-46(62)39-23-19-25-55(39)48(64)36(50)30-35-31(2)27-34(56)28-32(35)3/h13-15,20-21,27-28,36-43,49,56-59H,4-12,16-19,22-26,29-30,50H2,1-3H3,(H2,51,60)(H,52,63)(H,53,61)(H,54,62)/t36-,37+,38-,39-,40-,41-,42+,43-,49+/m0/s1. The van der Waals surface area contributed by atoms with Crippen LogP contribution in [-0.4, -0.2) is 129 Å². The van der Waals surface area contributed by atoms with Crippen molar-refractivity contribution in [1.82, 2.24) is 20.9 Å². The summed E-state index contributed by atoms with van der Waals surface area (Å²) < 4.78 is 11.3. The number of likely N-dealkylation sites (tertiary alicyclic amines) is 1. The van der Waals surface area contributed by atoms with Crippen LogP contribution in [0, 0.1) is 13.8 Å². The molecule has 2 saturated heterocycles. The molecule has 0 bridgehead atoms. The van der Waals surface area contributed by atoms with Crippen LogP contribution in [0.15, 0.2) is 42.5 Å². The summed E-state index contributed by atoms with van der Waals surface area (Å²) in [4.78, 5) is 68.6. The lowest BCUT2D eigenvalue weighted by Gasteiger charge is -2.39. The maximum absolute atomic E-state index is 13.9. The molecule has 2 aliphatic rings. The molecule has 2 aromatic rings. The number of aromatic hydroxyl groups is 1. The monoisotopic (exact) mass is 925 g/mol. The van der Waals surface area contributed by atoms with E-state index in [1.807, 2.05) is 19.9 Å². The lowest BCUT2D eigenvalue weighted by atomic mass is 9.95. The number of nitrogens with two attached hydrogens (primary N) is 2. The minimum Gasteiger partial charge on any atom is -0.508 e. The highest BCUT2D eigenvalue weighted by Crippen LogP contribution is 2.25. The van der Waals surface area contributed by atoms with Crippen molar-refractivity contribution in [3.63, 3.8) is 0 Å². The van der Waals surface area contributed by atoms with Gasteiger partial charge in [0.05, 0.1) is 6.04 Å². The molecule has 0 spiro atoms. The van der Waals surface area contributed by atoms with E-state index >= 15 is 0 Å². The second-order valence-corrected chi connectivity index (χ2v) is 18.0. The molecule has 0 aliphatic carbocycles. The van der Waals surface area contributed by atoms with Crippen molar-refractivity contribution in [2.45, 2.75) is 185 Å². The van der Waals surface area contributed by atoms with E-state index in [1.165, 1.54) is 43.4 Å². The molecule has 2 fully saturated rings. The van der Waals surface area contributed by atoms with Crippen LogP contribution in [0.3, 0.4) is 0 Å². The van der Waals surface area contributed by atoms with Crippen molar-refractivity contribution in [1.29, 1.82) is 0 Å². The number of ether oxygens (including phenoxy) is 2. The molecule has 11 N–H and O–H groups in total. The Bertz CT molecular complexity index is 1830. The van der Waals surface area contributed by atoms with Crippen molar-refractivity contribution in [2.75, 3.05) is 19.7 Å². The number of amides is 5. The summed E-state index contributed by atoms with van der Waals surface area (Å²) in [6.07, 6.45) is 5.61. The first kappa shape index (κ1) is 54.0. The Kier molecular flexibility index (Phi) is 22.8. The average Bonchev–Trinajstić information content (AvgIpc) is 3.79. The van der Waals surface area contributed by atoms with Crippen molar-refractivity contribution in [2.24, 2.45) is 11.5 Å². The predicted octanol–water partition coefficient (Wildman–Crippen LogP) is 2.60. The Hall–Kier alpha value is -4.65. The smallest absolute Gasteiger partial charge is 0.252 e. The molecule has 0 aromatic heterocycles. The molecule has 2 heterocycles. The molecular weight excluding hydrogens is 849 g/mol. The number of carbonyl (C=O) groups is 5. The molecule has 5 amide bonds. The molecule has 2 aliphatic heterocycles. The van der Waals surface area contributed by atoms with Crippen molar-refractivity contribution in [3.05, 3.63) is 64.7 Å². The second kappa shape index (κ2) is 27.9. The molecule has 9 atom stereocenters. The number of nitrogens with zero attached hydrogens (tertiary/aromatic N) is 1. The zero-order valence-corrected chi connectivity index (χ0v) is 39.1. The number of hydrogen-bond donors (Lipinski definition) is 9. The normalized spacial score (nSPS) is 22.0. The largest absolute Gasteiger partial charge is 0.508 e. The fourth-order valence-electron chi connectivity index (χ4n) is 8.78. The van der Waals surface area contributed by atoms with Gasteiger partial charge < -0.3 is 62.2 Å². The van der Waals surface area contributed by atoms with E-state index in [0.29, 0.717) is 38.6 Å². The molecule has 66 heavy (non-hydrogen) atoms. The van der Waals surface area contributed by atoms with Gasteiger partial charge in [0.25, 0.3) is 5.91 Å². The highest BCUT2D eigenvalue weighted by molar-refractivity contribution is 5.95. The van der Waals surface area contributed by atoms with Crippen LogP contribution in [0.25, 0.3) is 0 Å². The molecule has 0 radical (unpaired) electrons. The predicted molar refractivity (Wildman–Crippen MR) is 249 cm³/mol. The van der Waals surface area contributed by atoms with E-state index in [9.17, 15) is 44.4 Å². The van der Waals surface area contributed by atoms with Crippen molar-refractivity contribution < 1.29 is 53.9 Å². The van der Waals surface area contributed by atoms with Gasteiger partial charge >= 0.3 is 0 Å². The third-order valence-electron chi connectivity index (χ3n) is 12.7. The van der Waals surface area contributed by atoms with Gasteiger partial charge in [0.2, 0.25) is 23.6 Å². The molecule has 0 unspecified atom stereocenters. The third-order valence-corrected chi connectivity index (χ3v) is 12.7. The van der Waals surface area contributed by atoms with Crippen LogP contribution < -0.4 is 27.4 Å². The first-order valence-electron chi connectivity index (χ1n) is 24.0. The third kappa shape index (κ3) is 16.6. The molecule has 368 valence electrons. The summed E-state index contributed by atoms with van der Waals surface area (Å²) in [5.74, 6) is -2.98. The number of nitrogens with one attached hydrogen (secondary N) is 3. The molecular formula is C49H76N6O11. The minimum absolute atomic E-state index is 0.0849. The summed E-state index contributed by atoms with van der Waals surface area (Å²) in [7, 11) is 0. The van der Waals surface area contributed by atoms with E-state index < -0.39 is 84.4 Å². The van der Waals surface area contributed by atoms with E-state index in [4.69, 9.17) is 20.9 Å². The summed E-state index contributed by atoms with van der Waals surface area (Å²) in [6, 6.07) is 8.17. The zero-order chi connectivity index (χ0) is 48.2. The number of phenolic OH excluding ortho intramolecular Hbond substituents is 1. The lowest BCUT2D eigenvalue weighted by molar-refractivity contribution is -0.290. The molecule has 0 saturated carbocycles. The second-order valence-electron chi connectivity index (χ2n) is 18.0. The van der Waals surface area contributed by atoms with Gasteiger partial charge in [0.1, 0.15) is 42.2 Å². The topological polar surface area (TPSA) is 276 Å². The Morgan fingerprint density at radius 1 is 0.803 bits per heavy atom. The number of rotatable bonds is 28. The number of aryl methyl sites for hydroxylation is 2. The van der Waals surface area contributed by atoms with Gasteiger partial charge in [-0.25, -0.2) is 0 Å².